The first-order valence-electron chi connectivity index (χ1n) is 10.5. The highest BCUT2D eigenvalue weighted by Crippen LogP contribution is 2.21. The number of amides is 1. The van der Waals surface area contributed by atoms with E-state index in [-0.39, 0.29) is 30.5 Å². The van der Waals surface area contributed by atoms with Crippen LogP contribution in [-0.4, -0.2) is 75.9 Å². The average molecular weight is 417 g/mol. The van der Waals surface area contributed by atoms with Crippen LogP contribution in [0.15, 0.2) is 24.3 Å². The van der Waals surface area contributed by atoms with E-state index in [1.165, 1.54) is 12.1 Å². The van der Waals surface area contributed by atoms with Crippen LogP contribution >= 0.6 is 0 Å². The van der Waals surface area contributed by atoms with Crippen molar-refractivity contribution in [3.63, 3.8) is 0 Å². The molecule has 0 spiro atoms. The zero-order valence-electron chi connectivity index (χ0n) is 17.2. The maximum Gasteiger partial charge on any atom is 0.248 e. The van der Waals surface area contributed by atoms with Gasteiger partial charge in [0.2, 0.25) is 5.91 Å². The van der Waals surface area contributed by atoms with Gasteiger partial charge in [0.05, 0.1) is 13.1 Å². The van der Waals surface area contributed by atoms with Gasteiger partial charge in [0.25, 0.3) is 0 Å². The number of aromatic nitrogens is 3. The predicted molar refractivity (Wildman–Crippen MR) is 107 cm³/mol. The summed E-state index contributed by atoms with van der Waals surface area (Å²) in [6.45, 7) is 5.55. The molecule has 1 N–H and O–H groups in total. The number of benzene rings is 1. The number of carbonyl (C=O) groups is 1. The van der Waals surface area contributed by atoms with E-state index in [1.807, 2.05) is 11.8 Å². The summed E-state index contributed by atoms with van der Waals surface area (Å²) in [4.78, 5) is 21.2. The second-order valence-electron chi connectivity index (χ2n) is 7.80. The molecule has 2 fully saturated rings. The van der Waals surface area contributed by atoms with E-state index in [4.69, 9.17) is 9.47 Å². The fourth-order valence-corrected chi connectivity index (χ4v) is 3.98. The van der Waals surface area contributed by atoms with Crippen LogP contribution in [0.3, 0.4) is 0 Å². The summed E-state index contributed by atoms with van der Waals surface area (Å²) in [5.41, 5.74) is 0. The first-order chi connectivity index (χ1) is 14.6. The van der Waals surface area contributed by atoms with Gasteiger partial charge in [-0.15, -0.1) is 0 Å². The van der Waals surface area contributed by atoms with Crippen molar-refractivity contribution in [1.29, 1.82) is 0 Å². The zero-order chi connectivity index (χ0) is 20.9. The lowest BCUT2D eigenvalue weighted by Crippen LogP contribution is -2.55. The Bertz CT molecular complexity index is 835. The standard InChI is InChI=1S/C21H28FN5O3/c1-2-19-23-20(25-24-19)12-26-9-7-16(8-10-26)27-11-18(30-14-21(27)28)13-29-17-5-3-15(22)4-6-17/h3-6,16,18H,2,7-14H2,1H3,(H,23,24,25)/t18-/m0/s1. The maximum atomic E-state index is 13.0. The number of piperidine rings is 1. The van der Waals surface area contributed by atoms with E-state index >= 15 is 0 Å². The SMILES string of the molecule is CCc1n[nH]c(CN2CCC(N3C[C@@H](COc4ccc(F)cc4)OCC3=O)CC2)n1. The molecule has 2 aromatic rings. The van der Waals surface area contributed by atoms with Crippen LogP contribution in [0.1, 0.15) is 31.4 Å². The monoisotopic (exact) mass is 417 g/mol. The van der Waals surface area contributed by atoms with E-state index in [0.717, 1.165) is 50.5 Å². The van der Waals surface area contributed by atoms with Crippen LogP contribution in [0.2, 0.25) is 0 Å². The number of aryl methyl sites for hydroxylation is 1. The van der Waals surface area contributed by atoms with Crippen LogP contribution in [0.4, 0.5) is 4.39 Å². The first kappa shape index (κ1) is 20.7. The number of rotatable bonds is 7. The third kappa shape index (κ3) is 5.14. The molecular formula is C21H28FN5O3. The zero-order valence-corrected chi connectivity index (χ0v) is 17.2. The molecule has 8 nitrogen and oxygen atoms in total. The number of hydrogen-bond acceptors (Lipinski definition) is 6. The van der Waals surface area contributed by atoms with Gasteiger partial charge >= 0.3 is 0 Å². The van der Waals surface area contributed by atoms with E-state index in [1.54, 1.807) is 12.1 Å². The van der Waals surface area contributed by atoms with Crippen molar-refractivity contribution in [3.8, 4) is 5.75 Å². The van der Waals surface area contributed by atoms with Gasteiger partial charge in [0, 0.05) is 25.6 Å². The molecule has 162 valence electrons. The first-order valence-corrected chi connectivity index (χ1v) is 10.5. The van der Waals surface area contributed by atoms with Crippen LogP contribution in [0.25, 0.3) is 0 Å². The van der Waals surface area contributed by atoms with Crippen molar-refractivity contribution >= 4 is 5.91 Å². The molecule has 3 heterocycles. The number of hydrogen-bond donors (Lipinski definition) is 1. The molecule has 1 atom stereocenters. The van der Waals surface area contributed by atoms with Crippen LogP contribution < -0.4 is 4.74 Å². The lowest BCUT2D eigenvalue weighted by molar-refractivity contribution is -0.155. The van der Waals surface area contributed by atoms with Crippen molar-refractivity contribution in [3.05, 3.63) is 41.7 Å². The van der Waals surface area contributed by atoms with Gasteiger partial charge in [-0.05, 0) is 37.1 Å². The molecule has 4 rings (SSSR count). The number of nitrogens with zero attached hydrogens (tertiary/aromatic N) is 4. The number of nitrogens with one attached hydrogen (secondary N) is 1. The highest BCUT2D eigenvalue weighted by Gasteiger charge is 2.34. The minimum Gasteiger partial charge on any atom is -0.491 e. The van der Waals surface area contributed by atoms with Gasteiger partial charge < -0.3 is 14.4 Å². The van der Waals surface area contributed by atoms with Crippen molar-refractivity contribution in [2.75, 3.05) is 32.8 Å². The Kier molecular flexibility index (Phi) is 6.59. The molecule has 1 amide bonds. The second-order valence-corrected chi connectivity index (χ2v) is 7.80. The molecule has 1 aromatic carbocycles. The van der Waals surface area contributed by atoms with Crippen molar-refractivity contribution in [1.82, 2.24) is 25.0 Å². The molecule has 2 aliphatic rings. The lowest BCUT2D eigenvalue weighted by Gasteiger charge is -2.42. The van der Waals surface area contributed by atoms with Gasteiger partial charge in [-0.25, -0.2) is 9.37 Å². The third-order valence-electron chi connectivity index (χ3n) is 5.68. The van der Waals surface area contributed by atoms with Gasteiger partial charge in [0.15, 0.2) is 0 Å². The fraction of sp³-hybridized carbons (Fsp3) is 0.571. The summed E-state index contributed by atoms with van der Waals surface area (Å²) >= 11 is 0. The molecule has 0 radical (unpaired) electrons. The molecule has 0 saturated carbocycles. The van der Waals surface area contributed by atoms with Crippen LogP contribution in [-0.2, 0) is 22.5 Å². The molecule has 30 heavy (non-hydrogen) atoms. The number of aromatic amines is 1. The topological polar surface area (TPSA) is 83.6 Å². The van der Waals surface area contributed by atoms with Gasteiger partial charge in [-0.1, -0.05) is 6.92 Å². The van der Waals surface area contributed by atoms with Crippen molar-refractivity contribution in [2.24, 2.45) is 0 Å². The Labute approximate surface area is 175 Å². The smallest absolute Gasteiger partial charge is 0.248 e. The normalized spacial score (nSPS) is 21.2. The molecule has 1 aromatic heterocycles. The number of likely N-dealkylation sites (tertiary alicyclic amines) is 1. The summed E-state index contributed by atoms with van der Waals surface area (Å²) in [6.07, 6.45) is 2.48. The minimum atomic E-state index is -0.298. The Balaban J connectivity index is 1.25. The van der Waals surface area contributed by atoms with Crippen LogP contribution in [0.5, 0.6) is 5.75 Å². The highest BCUT2D eigenvalue weighted by molar-refractivity contribution is 5.78. The Morgan fingerprint density at radius 1 is 1.27 bits per heavy atom. The van der Waals surface area contributed by atoms with Crippen molar-refractivity contribution < 1.29 is 18.7 Å². The average Bonchev–Trinajstić information content (AvgIpc) is 3.22. The summed E-state index contributed by atoms with van der Waals surface area (Å²) in [5.74, 6) is 2.07. The Morgan fingerprint density at radius 3 is 2.73 bits per heavy atom. The summed E-state index contributed by atoms with van der Waals surface area (Å²) in [6, 6.07) is 6.13. The lowest BCUT2D eigenvalue weighted by atomic mass is 10.0. The Morgan fingerprint density at radius 2 is 2.03 bits per heavy atom. The number of morpholine rings is 1. The summed E-state index contributed by atoms with van der Waals surface area (Å²) in [7, 11) is 0. The van der Waals surface area contributed by atoms with E-state index in [9.17, 15) is 9.18 Å². The predicted octanol–water partition coefficient (Wildman–Crippen LogP) is 1.78. The molecule has 2 saturated heterocycles. The summed E-state index contributed by atoms with van der Waals surface area (Å²) < 4.78 is 24.4. The minimum absolute atomic E-state index is 0.0364. The largest absolute Gasteiger partial charge is 0.491 e. The summed E-state index contributed by atoms with van der Waals surface area (Å²) in [5, 5.41) is 7.19. The number of H-pyrrole nitrogens is 1. The molecule has 0 bridgehead atoms. The van der Waals surface area contributed by atoms with Crippen LogP contribution in [0, 0.1) is 5.82 Å². The Hall–Kier alpha value is -2.52. The maximum absolute atomic E-state index is 13.0. The second kappa shape index (κ2) is 9.53. The molecule has 9 heteroatoms. The van der Waals surface area contributed by atoms with Crippen molar-refractivity contribution in [2.45, 2.75) is 44.9 Å². The van der Waals surface area contributed by atoms with E-state index in [0.29, 0.717) is 18.9 Å². The number of halogens is 1. The van der Waals surface area contributed by atoms with Gasteiger partial charge in [-0.3, -0.25) is 14.8 Å². The van der Waals surface area contributed by atoms with Gasteiger partial charge in [0.1, 0.15) is 42.5 Å². The number of carbonyl (C=O) groups excluding carboxylic acids is 1. The van der Waals surface area contributed by atoms with E-state index in [2.05, 4.69) is 20.1 Å². The molecule has 2 aliphatic heterocycles. The molecular weight excluding hydrogens is 389 g/mol. The van der Waals surface area contributed by atoms with Gasteiger partial charge in [-0.2, -0.15) is 5.10 Å². The third-order valence-corrected chi connectivity index (χ3v) is 5.68. The van der Waals surface area contributed by atoms with E-state index < -0.39 is 0 Å². The number of ether oxygens (including phenoxy) is 2. The highest BCUT2D eigenvalue weighted by atomic mass is 19.1. The molecule has 0 unspecified atom stereocenters. The fourth-order valence-electron chi connectivity index (χ4n) is 3.98. The quantitative estimate of drug-likeness (QED) is 0.739. The molecule has 0 aliphatic carbocycles.